The fraction of sp³-hybridized carbons (Fsp3) is 1.00. The van der Waals surface area contributed by atoms with Crippen molar-refractivity contribution in [3.8, 4) is 0 Å². The van der Waals surface area contributed by atoms with Crippen molar-refractivity contribution in [2.45, 2.75) is 82.8 Å². The van der Waals surface area contributed by atoms with Gasteiger partial charge in [0.25, 0.3) is 0 Å². The van der Waals surface area contributed by atoms with Gasteiger partial charge >= 0.3 is 0 Å². The van der Waals surface area contributed by atoms with E-state index >= 15 is 0 Å². The standard InChI is InChI=1S/C17H31NO/c1-14-7-6-8-15(13-14)16(19)17(9-2-3-10-17)18-11-4-5-12-18/h14-16,19H,2-13H2,1H3. The molecule has 1 heterocycles. The molecule has 1 N–H and O–H groups in total. The number of nitrogens with zero attached hydrogens (tertiary/aromatic N) is 1. The summed E-state index contributed by atoms with van der Waals surface area (Å²) in [5.74, 6) is 1.40. The molecule has 3 aliphatic rings. The van der Waals surface area contributed by atoms with Crippen LogP contribution in [-0.4, -0.2) is 34.7 Å². The van der Waals surface area contributed by atoms with Crippen LogP contribution >= 0.6 is 0 Å². The number of hydrogen-bond donors (Lipinski definition) is 1. The number of likely N-dealkylation sites (tertiary alicyclic amines) is 1. The predicted octanol–water partition coefficient (Wildman–Crippen LogP) is 3.58. The summed E-state index contributed by atoms with van der Waals surface area (Å²) in [6.07, 6.45) is 13.0. The van der Waals surface area contributed by atoms with Gasteiger partial charge in [0.15, 0.2) is 0 Å². The third-order valence-corrected chi connectivity index (χ3v) is 6.18. The van der Waals surface area contributed by atoms with Gasteiger partial charge in [0.1, 0.15) is 0 Å². The maximum absolute atomic E-state index is 11.2. The first kappa shape index (κ1) is 13.9. The fourth-order valence-corrected chi connectivity index (χ4v) is 5.16. The van der Waals surface area contributed by atoms with Crippen LogP contribution in [-0.2, 0) is 0 Å². The summed E-state index contributed by atoms with van der Waals surface area (Å²) in [5, 5.41) is 11.2. The first-order valence-corrected chi connectivity index (χ1v) is 8.65. The van der Waals surface area contributed by atoms with Crippen LogP contribution in [0.2, 0.25) is 0 Å². The summed E-state index contributed by atoms with van der Waals surface area (Å²) in [4.78, 5) is 2.67. The van der Waals surface area contributed by atoms with Crippen LogP contribution in [0.5, 0.6) is 0 Å². The van der Waals surface area contributed by atoms with Crippen LogP contribution in [0.3, 0.4) is 0 Å². The molecular weight excluding hydrogens is 234 g/mol. The quantitative estimate of drug-likeness (QED) is 0.843. The van der Waals surface area contributed by atoms with Crippen molar-refractivity contribution in [1.82, 2.24) is 4.90 Å². The molecule has 2 heteroatoms. The van der Waals surface area contributed by atoms with Crippen molar-refractivity contribution < 1.29 is 5.11 Å². The summed E-state index contributed by atoms with van der Waals surface area (Å²) in [6, 6.07) is 0. The molecule has 3 unspecified atom stereocenters. The maximum atomic E-state index is 11.2. The van der Waals surface area contributed by atoms with Gasteiger partial charge in [-0.05, 0) is 63.5 Å². The van der Waals surface area contributed by atoms with Gasteiger partial charge < -0.3 is 5.11 Å². The van der Waals surface area contributed by atoms with Gasteiger partial charge in [-0.1, -0.05) is 32.6 Å². The Morgan fingerprint density at radius 2 is 1.68 bits per heavy atom. The summed E-state index contributed by atoms with van der Waals surface area (Å²) in [5.41, 5.74) is 0.165. The normalized spacial score (nSPS) is 37.6. The lowest BCUT2D eigenvalue weighted by molar-refractivity contribution is -0.0624. The van der Waals surface area contributed by atoms with E-state index in [1.807, 2.05) is 0 Å². The Kier molecular flexibility index (Phi) is 4.19. The number of hydrogen-bond acceptors (Lipinski definition) is 2. The first-order chi connectivity index (χ1) is 9.22. The molecule has 110 valence electrons. The van der Waals surface area contributed by atoms with Gasteiger partial charge in [0, 0.05) is 5.54 Å². The van der Waals surface area contributed by atoms with E-state index in [1.165, 1.54) is 77.3 Å². The smallest absolute Gasteiger partial charge is 0.0752 e. The van der Waals surface area contributed by atoms with Gasteiger partial charge in [-0.15, -0.1) is 0 Å². The fourth-order valence-electron chi connectivity index (χ4n) is 5.16. The zero-order valence-corrected chi connectivity index (χ0v) is 12.6. The lowest BCUT2D eigenvalue weighted by atomic mass is 9.72. The minimum atomic E-state index is -0.0594. The zero-order valence-electron chi connectivity index (χ0n) is 12.6. The highest BCUT2D eigenvalue weighted by atomic mass is 16.3. The first-order valence-electron chi connectivity index (χ1n) is 8.65. The van der Waals surface area contributed by atoms with Gasteiger partial charge in [0.2, 0.25) is 0 Å². The number of rotatable bonds is 3. The highest BCUT2D eigenvalue weighted by molar-refractivity contribution is 5.04. The molecule has 1 aliphatic heterocycles. The predicted molar refractivity (Wildman–Crippen MR) is 79.1 cm³/mol. The maximum Gasteiger partial charge on any atom is 0.0752 e. The molecule has 0 spiro atoms. The zero-order chi connectivity index (χ0) is 13.3. The average Bonchev–Trinajstić information content (AvgIpc) is 3.09. The molecule has 3 fully saturated rings. The second-order valence-electron chi connectivity index (χ2n) is 7.48. The van der Waals surface area contributed by atoms with E-state index < -0.39 is 0 Å². The Balaban J connectivity index is 1.75. The topological polar surface area (TPSA) is 23.5 Å². The SMILES string of the molecule is CC1CCCC(C(O)C2(N3CCCC3)CCCC2)C1. The Labute approximate surface area is 118 Å². The molecule has 1 saturated heterocycles. The molecule has 0 radical (unpaired) electrons. The van der Waals surface area contributed by atoms with E-state index in [-0.39, 0.29) is 11.6 Å². The van der Waals surface area contributed by atoms with Crippen molar-refractivity contribution in [3.05, 3.63) is 0 Å². The van der Waals surface area contributed by atoms with Crippen molar-refractivity contribution >= 4 is 0 Å². The number of aliphatic hydroxyl groups is 1. The monoisotopic (exact) mass is 265 g/mol. The Hall–Kier alpha value is -0.0800. The van der Waals surface area contributed by atoms with E-state index in [2.05, 4.69) is 11.8 Å². The Morgan fingerprint density at radius 3 is 2.32 bits per heavy atom. The molecule has 3 atom stereocenters. The van der Waals surface area contributed by atoms with Crippen LogP contribution < -0.4 is 0 Å². The molecule has 2 aliphatic carbocycles. The van der Waals surface area contributed by atoms with E-state index in [9.17, 15) is 5.11 Å². The molecule has 2 saturated carbocycles. The highest BCUT2D eigenvalue weighted by Crippen LogP contribution is 2.45. The van der Waals surface area contributed by atoms with Crippen LogP contribution in [0.1, 0.15) is 71.1 Å². The van der Waals surface area contributed by atoms with Gasteiger partial charge in [-0.25, -0.2) is 0 Å². The minimum absolute atomic E-state index is 0.0594. The average molecular weight is 265 g/mol. The summed E-state index contributed by atoms with van der Waals surface area (Å²) >= 11 is 0. The van der Waals surface area contributed by atoms with Crippen LogP contribution in [0.15, 0.2) is 0 Å². The highest BCUT2D eigenvalue weighted by Gasteiger charge is 2.48. The molecule has 0 aromatic heterocycles. The Morgan fingerprint density at radius 1 is 1.00 bits per heavy atom. The van der Waals surface area contributed by atoms with Crippen molar-refractivity contribution in [2.24, 2.45) is 11.8 Å². The third-order valence-electron chi connectivity index (χ3n) is 6.18. The van der Waals surface area contributed by atoms with Gasteiger partial charge in [0.05, 0.1) is 6.10 Å². The van der Waals surface area contributed by atoms with Gasteiger partial charge in [-0.3, -0.25) is 4.90 Å². The second-order valence-corrected chi connectivity index (χ2v) is 7.48. The Bertz CT molecular complexity index is 292. The molecule has 0 aromatic carbocycles. The molecule has 2 nitrogen and oxygen atoms in total. The molecule has 0 bridgehead atoms. The van der Waals surface area contributed by atoms with E-state index in [0.717, 1.165) is 5.92 Å². The lowest BCUT2D eigenvalue weighted by Crippen LogP contribution is -2.56. The molecule has 0 amide bonds. The van der Waals surface area contributed by atoms with Crippen LogP contribution in [0.4, 0.5) is 0 Å². The molecule has 3 rings (SSSR count). The summed E-state index contributed by atoms with van der Waals surface area (Å²) in [7, 11) is 0. The van der Waals surface area contributed by atoms with Crippen LogP contribution in [0.25, 0.3) is 0 Å². The van der Waals surface area contributed by atoms with Crippen molar-refractivity contribution in [3.63, 3.8) is 0 Å². The molecular formula is C17H31NO. The summed E-state index contributed by atoms with van der Waals surface area (Å²) in [6.45, 7) is 4.84. The summed E-state index contributed by atoms with van der Waals surface area (Å²) < 4.78 is 0. The van der Waals surface area contributed by atoms with E-state index in [4.69, 9.17) is 0 Å². The third kappa shape index (κ3) is 2.58. The minimum Gasteiger partial charge on any atom is -0.391 e. The van der Waals surface area contributed by atoms with Crippen LogP contribution in [0, 0.1) is 11.8 Å². The molecule has 0 aromatic rings. The second kappa shape index (κ2) is 5.73. The lowest BCUT2D eigenvalue weighted by Gasteiger charge is -2.47. The van der Waals surface area contributed by atoms with Gasteiger partial charge in [-0.2, -0.15) is 0 Å². The van der Waals surface area contributed by atoms with E-state index in [1.54, 1.807) is 0 Å². The number of aliphatic hydroxyl groups excluding tert-OH is 1. The van der Waals surface area contributed by atoms with Crippen molar-refractivity contribution in [1.29, 1.82) is 0 Å². The van der Waals surface area contributed by atoms with Crippen molar-refractivity contribution in [2.75, 3.05) is 13.1 Å². The van der Waals surface area contributed by atoms with E-state index in [0.29, 0.717) is 5.92 Å². The largest absolute Gasteiger partial charge is 0.391 e. The molecule has 19 heavy (non-hydrogen) atoms.